The summed E-state index contributed by atoms with van der Waals surface area (Å²) in [4.78, 5) is 14.0. The van der Waals surface area contributed by atoms with Crippen LogP contribution in [0.2, 0.25) is 0 Å². The van der Waals surface area contributed by atoms with Crippen LogP contribution in [0.15, 0.2) is 29.4 Å². The molecule has 0 aliphatic rings. The quantitative estimate of drug-likeness (QED) is 0.347. The predicted octanol–water partition coefficient (Wildman–Crippen LogP) is 2.37. The number of allylic oxidation sites excluding steroid dienone is 3. The van der Waals surface area contributed by atoms with Gasteiger partial charge in [-0.15, -0.1) is 0 Å². The lowest BCUT2D eigenvalue weighted by Gasteiger charge is -1.88. The standard InChI is InChI=1S/C7H9NO.C2H6/c1-4-5-7(8-3)6(2)9;1-2/h4-5H,1,3H2,2H3;1-2H3/b7-5-;. The molecule has 0 spiro atoms. The maximum absolute atomic E-state index is 10.5. The molecule has 0 aliphatic heterocycles. The van der Waals surface area contributed by atoms with E-state index >= 15 is 0 Å². The van der Waals surface area contributed by atoms with Crippen molar-refractivity contribution in [3.63, 3.8) is 0 Å². The lowest BCUT2D eigenvalue weighted by atomic mass is 10.3. The number of ketones is 1. The molecule has 0 amide bonds. The highest BCUT2D eigenvalue weighted by Gasteiger charge is 1.95. The molecule has 0 N–H and O–H groups in total. The Morgan fingerprint density at radius 1 is 1.45 bits per heavy atom. The second kappa shape index (κ2) is 8.82. The Balaban J connectivity index is 0. The number of rotatable bonds is 3. The minimum Gasteiger partial charge on any atom is -0.293 e. The fourth-order valence-corrected chi connectivity index (χ4v) is 0.393. The average Bonchev–Trinajstić information content (AvgIpc) is 2.03. The van der Waals surface area contributed by atoms with Gasteiger partial charge in [-0.05, 0) is 12.8 Å². The zero-order valence-corrected chi connectivity index (χ0v) is 7.42. The molecule has 0 atom stereocenters. The molecule has 0 saturated carbocycles. The Bertz CT molecular complexity index is 168. The van der Waals surface area contributed by atoms with Crippen molar-refractivity contribution in [2.45, 2.75) is 20.8 Å². The molecule has 0 rings (SSSR count). The molecule has 0 heterocycles. The van der Waals surface area contributed by atoms with Crippen LogP contribution in [0.3, 0.4) is 0 Å². The van der Waals surface area contributed by atoms with Crippen molar-refractivity contribution in [2.75, 3.05) is 0 Å². The summed E-state index contributed by atoms with van der Waals surface area (Å²) in [6.45, 7) is 12.1. The number of Topliss-reactive ketones (excluding diaryl/α,β-unsaturated/α-hetero) is 1. The summed E-state index contributed by atoms with van der Waals surface area (Å²) in [5, 5.41) is 0. The molecule has 0 aromatic heterocycles. The van der Waals surface area contributed by atoms with E-state index in [1.807, 2.05) is 13.8 Å². The number of hydrogen-bond acceptors (Lipinski definition) is 2. The third-order valence-electron chi connectivity index (χ3n) is 0.807. The summed E-state index contributed by atoms with van der Waals surface area (Å²) in [6, 6.07) is 0. The molecule has 11 heavy (non-hydrogen) atoms. The first kappa shape index (κ1) is 12.5. The molecule has 0 saturated heterocycles. The van der Waals surface area contributed by atoms with Crippen molar-refractivity contribution < 1.29 is 4.79 Å². The van der Waals surface area contributed by atoms with Crippen molar-refractivity contribution in [1.82, 2.24) is 0 Å². The zero-order chi connectivity index (χ0) is 9.28. The molecular weight excluding hydrogens is 138 g/mol. The highest BCUT2D eigenvalue weighted by atomic mass is 16.1. The van der Waals surface area contributed by atoms with E-state index in [-0.39, 0.29) is 5.78 Å². The number of hydrogen-bond donors (Lipinski definition) is 0. The summed E-state index contributed by atoms with van der Waals surface area (Å²) < 4.78 is 0. The topological polar surface area (TPSA) is 29.4 Å². The maximum Gasteiger partial charge on any atom is 0.178 e. The lowest BCUT2D eigenvalue weighted by molar-refractivity contribution is -0.113. The second-order valence-electron chi connectivity index (χ2n) is 1.50. The van der Waals surface area contributed by atoms with Crippen LogP contribution in [0.1, 0.15) is 20.8 Å². The molecule has 0 radical (unpaired) electrons. The van der Waals surface area contributed by atoms with Crippen LogP contribution in [-0.2, 0) is 4.79 Å². The van der Waals surface area contributed by atoms with Crippen molar-refractivity contribution in [3.8, 4) is 0 Å². The summed E-state index contributed by atoms with van der Waals surface area (Å²) in [5.74, 6) is -0.0927. The van der Waals surface area contributed by atoms with E-state index in [9.17, 15) is 4.79 Å². The smallest absolute Gasteiger partial charge is 0.178 e. The SMILES string of the molecule is C=C/C=C(\N=C)C(C)=O.CC. The number of aliphatic imine (C=N–C) groups is 1. The zero-order valence-electron chi connectivity index (χ0n) is 7.42. The average molecular weight is 153 g/mol. The van der Waals surface area contributed by atoms with Crippen LogP contribution >= 0.6 is 0 Å². The Hall–Kier alpha value is -1.18. The summed E-state index contributed by atoms with van der Waals surface area (Å²) in [5.41, 5.74) is 0.352. The number of carbonyl (C=O) groups is 1. The van der Waals surface area contributed by atoms with E-state index in [4.69, 9.17) is 0 Å². The molecule has 0 unspecified atom stereocenters. The largest absolute Gasteiger partial charge is 0.293 e. The Kier molecular flexibility index (Phi) is 10.0. The number of carbonyl (C=O) groups excluding carboxylic acids is 1. The Morgan fingerprint density at radius 3 is 2.00 bits per heavy atom. The number of nitrogens with zero attached hydrogens (tertiary/aromatic N) is 1. The van der Waals surface area contributed by atoms with Gasteiger partial charge in [-0.1, -0.05) is 26.5 Å². The first-order valence-electron chi connectivity index (χ1n) is 3.52. The molecule has 62 valence electrons. The highest BCUT2D eigenvalue weighted by Crippen LogP contribution is 1.95. The summed E-state index contributed by atoms with van der Waals surface area (Å²) >= 11 is 0. The van der Waals surface area contributed by atoms with E-state index in [0.717, 1.165) is 0 Å². The molecule has 2 nitrogen and oxygen atoms in total. The van der Waals surface area contributed by atoms with Crippen LogP contribution < -0.4 is 0 Å². The van der Waals surface area contributed by atoms with Crippen LogP contribution in [0.25, 0.3) is 0 Å². The van der Waals surface area contributed by atoms with Crippen LogP contribution in [-0.4, -0.2) is 12.5 Å². The van der Waals surface area contributed by atoms with Gasteiger partial charge in [-0.25, -0.2) is 0 Å². The summed E-state index contributed by atoms with van der Waals surface area (Å²) in [7, 11) is 0. The molecule has 0 aromatic rings. The van der Waals surface area contributed by atoms with Crippen LogP contribution in [0, 0.1) is 0 Å². The van der Waals surface area contributed by atoms with E-state index in [1.54, 1.807) is 0 Å². The molecular formula is C9H15NO. The van der Waals surface area contributed by atoms with Crippen molar-refractivity contribution in [1.29, 1.82) is 0 Å². The van der Waals surface area contributed by atoms with Crippen molar-refractivity contribution in [2.24, 2.45) is 4.99 Å². The van der Waals surface area contributed by atoms with Crippen LogP contribution in [0.4, 0.5) is 0 Å². The third-order valence-corrected chi connectivity index (χ3v) is 0.807. The van der Waals surface area contributed by atoms with Gasteiger partial charge >= 0.3 is 0 Å². The Labute approximate surface area is 68.3 Å². The van der Waals surface area contributed by atoms with Crippen molar-refractivity contribution in [3.05, 3.63) is 24.4 Å². The molecule has 2 heteroatoms. The third kappa shape index (κ3) is 6.71. The van der Waals surface area contributed by atoms with Gasteiger partial charge in [-0.2, -0.15) is 0 Å². The molecule has 0 aromatic carbocycles. The van der Waals surface area contributed by atoms with Crippen LogP contribution in [0.5, 0.6) is 0 Å². The van der Waals surface area contributed by atoms with Gasteiger partial charge in [-0.3, -0.25) is 9.79 Å². The molecule has 0 bridgehead atoms. The summed E-state index contributed by atoms with van der Waals surface area (Å²) in [6.07, 6.45) is 3.03. The van der Waals surface area contributed by atoms with E-state index in [0.29, 0.717) is 5.70 Å². The van der Waals surface area contributed by atoms with E-state index in [2.05, 4.69) is 18.3 Å². The van der Waals surface area contributed by atoms with E-state index < -0.39 is 0 Å². The Morgan fingerprint density at radius 2 is 1.91 bits per heavy atom. The van der Waals surface area contributed by atoms with Gasteiger partial charge < -0.3 is 0 Å². The first-order valence-corrected chi connectivity index (χ1v) is 3.52. The van der Waals surface area contributed by atoms with E-state index in [1.165, 1.54) is 19.1 Å². The normalized spacial score (nSPS) is 9.18. The monoisotopic (exact) mass is 153 g/mol. The van der Waals surface area contributed by atoms with Gasteiger partial charge in [0, 0.05) is 6.92 Å². The minimum atomic E-state index is -0.0927. The molecule has 0 fully saturated rings. The van der Waals surface area contributed by atoms with Crippen molar-refractivity contribution >= 4 is 12.5 Å². The fraction of sp³-hybridized carbons (Fsp3) is 0.333. The lowest BCUT2D eigenvalue weighted by Crippen LogP contribution is -1.91. The van der Waals surface area contributed by atoms with Gasteiger partial charge in [0.15, 0.2) is 5.78 Å². The predicted molar refractivity (Wildman–Crippen MR) is 49.9 cm³/mol. The first-order chi connectivity index (χ1) is 5.22. The maximum atomic E-state index is 10.5. The van der Waals surface area contributed by atoms with Gasteiger partial charge in [0.2, 0.25) is 0 Å². The van der Waals surface area contributed by atoms with Gasteiger partial charge in [0.25, 0.3) is 0 Å². The highest BCUT2D eigenvalue weighted by molar-refractivity contribution is 5.93. The minimum absolute atomic E-state index is 0.0927. The molecule has 0 aliphatic carbocycles. The second-order valence-corrected chi connectivity index (χ2v) is 1.50. The fourth-order valence-electron chi connectivity index (χ4n) is 0.393. The van der Waals surface area contributed by atoms with Gasteiger partial charge in [0.05, 0.1) is 0 Å². The van der Waals surface area contributed by atoms with Gasteiger partial charge in [0.1, 0.15) is 5.70 Å².